The Hall–Kier alpha value is -2.51. The Morgan fingerprint density at radius 1 is 1.12 bits per heavy atom. The Morgan fingerprint density at radius 2 is 1.79 bits per heavy atom. The molecule has 0 radical (unpaired) electrons. The molecule has 2 rings (SSSR count). The number of amides is 1. The Kier molecular flexibility index (Phi) is 13.6. The summed E-state index contributed by atoms with van der Waals surface area (Å²) in [5.74, 6) is -0.477. The van der Waals surface area contributed by atoms with Gasteiger partial charge in [-0.15, -0.1) is 0 Å². The molecule has 43 heavy (non-hydrogen) atoms. The van der Waals surface area contributed by atoms with Gasteiger partial charge in [0.05, 0.1) is 18.3 Å². The third-order valence-corrected chi connectivity index (χ3v) is 9.22. The predicted octanol–water partition coefficient (Wildman–Crippen LogP) is -1.51. The average Bonchev–Trinajstić information content (AvgIpc) is 3.21. The summed E-state index contributed by atoms with van der Waals surface area (Å²) in [7, 11) is -16.8. The number of unbranched alkanes of at least 4 members (excludes halogenated alkanes) is 3. The lowest BCUT2D eigenvalue weighted by Crippen LogP contribution is -2.33. The summed E-state index contributed by atoms with van der Waals surface area (Å²) in [5, 5.41) is 12.9. The van der Waals surface area contributed by atoms with Crippen LogP contribution in [0.5, 0.6) is 0 Å². The minimum atomic E-state index is -5.75. The quantitative estimate of drug-likeness (QED) is 0.0297. The number of nitrogens with two attached hydrogens (primary N) is 2. The molecule has 1 aliphatic heterocycles. The van der Waals surface area contributed by atoms with Crippen LogP contribution in [0.15, 0.2) is 26.9 Å². The van der Waals surface area contributed by atoms with Crippen molar-refractivity contribution < 1.29 is 61.1 Å². The van der Waals surface area contributed by atoms with Gasteiger partial charge in [-0.05, 0) is 18.9 Å². The first-order chi connectivity index (χ1) is 19.9. The van der Waals surface area contributed by atoms with E-state index in [2.05, 4.69) is 23.5 Å². The Morgan fingerprint density at radius 3 is 2.44 bits per heavy atom. The van der Waals surface area contributed by atoms with E-state index in [0.717, 1.165) is 42.2 Å². The summed E-state index contributed by atoms with van der Waals surface area (Å²) in [4.78, 5) is 78.5. The molecule has 0 bridgehead atoms. The van der Waals surface area contributed by atoms with E-state index < -0.39 is 65.7 Å². The number of ether oxygens (including phenoxy) is 1. The normalized spacial score (nSPS) is 21.7. The third-order valence-electron chi connectivity index (χ3n) is 5.42. The molecule has 2 unspecified atom stereocenters. The number of H-pyrrole nitrogens is 1. The number of aliphatic imine (C=N–C) groups is 1. The molecule has 1 aliphatic rings. The SMILES string of the molecule is NC(N)=NCCCCCCNC(=O)/C=C/c1cn([C@H]2C[C@H](O)[C@@H](COP(=O)(O)OP(=O)(O)OP(=O)(O)O)O2)c(=O)[nH]c1=O. The van der Waals surface area contributed by atoms with Crippen LogP contribution in [0.1, 0.15) is 43.9 Å². The summed E-state index contributed by atoms with van der Waals surface area (Å²) >= 11 is 0. The zero-order valence-electron chi connectivity index (χ0n) is 22.3. The highest BCUT2D eigenvalue weighted by molar-refractivity contribution is 7.66. The number of guanidine groups is 1. The number of rotatable bonds is 17. The highest BCUT2D eigenvalue weighted by Crippen LogP contribution is 2.66. The Balaban J connectivity index is 1.94. The van der Waals surface area contributed by atoms with Crippen LogP contribution in [0, 0.1) is 0 Å². The molecule has 11 N–H and O–H groups in total. The number of aliphatic hydroxyl groups is 1. The molecule has 1 fully saturated rings. The van der Waals surface area contributed by atoms with Crippen molar-refractivity contribution in [2.45, 2.75) is 50.5 Å². The molecule has 1 aromatic rings. The standard InChI is InChI=1S/C19H33N6O15P3/c20-18(21)23-8-4-2-1-3-7-22-15(27)6-5-12-10-25(19(29)24-17(12)28)16-9-13(26)14(38-16)11-37-42(33,34)40-43(35,36)39-41(30,31)32/h5-6,10,13-14,16,26H,1-4,7-9,11H2,(H,22,27)(H,33,34)(H,35,36)(H4,20,21,23)(H,24,28,29)(H2,30,31,32)/b6-5+/t13-,14+,16+/m0/s1. The van der Waals surface area contributed by atoms with Crippen LogP contribution < -0.4 is 28.0 Å². The smallest absolute Gasteiger partial charge is 0.390 e. The predicted molar refractivity (Wildman–Crippen MR) is 147 cm³/mol. The molecule has 0 aliphatic carbocycles. The lowest BCUT2D eigenvalue weighted by Gasteiger charge is -2.19. The first kappa shape index (κ1) is 36.7. The number of carbonyl (C=O) groups is 1. The zero-order chi connectivity index (χ0) is 32.4. The molecule has 5 atom stereocenters. The van der Waals surface area contributed by atoms with Gasteiger partial charge < -0.3 is 46.2 Å². The molecular weight excluding hydrogens is 645 g/mol. The van der Waals surface area contributed by atoms with Crippen molar-refractivity contribution in [1.29, 1.82) is 0 Å². The number of aromatic nitrogens is 2. The highest BCUT2D eigenvalue weighted by atomic mass is 31.3. The molecule has 1 aromatic heterocycles. The molecule has 0 spiro atoms. The lowest BCUT2D eigenvalue weighted by atomic mass is 10.2. The number of aliphatic hydroxyl groups excluding tert-OH is 1. The van der Waals surface area contributed by atoms with Crippen molar-refractivity contribution in [2.24, 2.45) is 16.5 Å². The monoisotopic (exact) mass is 678 g/mol. The van der Waals surface area contributed by atoms with Crippen molar-refractivity contribution in [1.82, 2.24) is 14.9 Å². The molecule has 1 saturated heterocycles. The number of phosphoric ester groups is 1. The number of phosphoric acid groups is 3. The lowest BCUT2D eigenvalue weighted by molar-refractivity contribution is -0.116. The molecule has 2 heterocycles. The van der Waals surface area contributed by atoms with Gasteiger partial charge in [-0.1, -0.05) is 12.8 Å². The van der Waals surface area contributed by atoms with E-state index in [1.165, 1.54) is 0 Å². The van der Waals surface area contributed by atoms with Gasteiger partial charge in [0.1, 0.15) is 12.3 Å². The third kappa shape index (κ3) is 13.8. The summed E-state index contributed by atoms with van der Waals surface area (Å²) in [6.07, 6.45) is 2.10. The number of carbonyl (C=O) groups excluding carboxylic acids is 1. The van der Waals surface area contributed by atoms with Gasteiger partial charge in [0.2, 0.25) is 5.91 Å². The average molecular weight is 678 g/mol. The second-order valence-corrected chi connectivity index (χ2v) is 13.3. The van der Waals surface area contributed by atoms with Crippen LogP contribution in [-0.2, 0) is 36.4 Å². The maximum atomic E-state index is 12.4. The molecule has 21 nitrogen and oxygen atoms in total. The first-order valence-electron chi connectivity index (χ1n) is 12.4. The molecule has 244 valence electrons. The van der Waals surface area contributed by atoms with Crippen LogP contribution in [0.25, 0.3) is 6.08 Å². The van der Waals surface area contributed by atoms with Gasteiger partial charge in [0.15, 0.2) is 5.96 Å². The maximum absolute atomic E-state index is 12.4. The van der Waals surface area contributed by atoms with Crippen molar-refractivity contribution in [3.8, 4) is 0 Å². The number of nitrogens with one attached hydrogen (secondary N) is 2. The van der Waals surface area contributed by atoms with E-state index in [1.807, 2.05) is 4.98 Å². The maximum Gasteiger partial charge on any atom is 0.490 e. The van der Waals surface area contributed by atoms with Gasteiger partial charge in [-0.2, -0.15) is 8.62 Å². The number of hydrogen-bond acceptors (Lipinski definition) is 12. The van der Waals surface area contributed by atoms with Crippen LogP contribution in [-0.4, -0.2) is 78.0 Å². The molecule has 24 heteroatoms. The minimum Gasteiger partial charge on any atom is -0.390 e. The van der Waals surface area contributed by atoms with Gasteiger partial charge in [0.25, 0.3) is 5.56 Å². The fourth-order valence-corrected chi connectivity index (χ4v) is 6.60. The molecule has 0 aromatic carbocycles. The van der Waals surface area contributed by atoms with E-state index in [0.29, 0.717) is 19.5 Å². The fraction of sp³-hybridized carbons (Fsp3) is 0.579. The highest BCUT2D eigenvalue weighted by Gasteiger charge is 2.43. The Bertz CT molecular complexity index is 1440. The van der Waals surface area contributed by atoms with E-state index in [-0.39, 0.29) is 17.9 Å². The van der Waals surface area contributed by atoms with Crippen molar-refractivity contribution in [3.05, 3.63) is 38.7 Å². The van der Waals surface area contributed by atoms with Crippen LogP contribution in [0.4, 0.5) is 0 Å². The largest absolute Gasteiger partial charge is 0.490 e. The number of hydrogen-bond donors (Lipinski definition) is 9. The zero-order valence-corrected chi connectivity index (χ0v) is 25.0. The summed E-state index contributed by atoms with van der Waals surface area (Å²) < 4.78 is 52.0. The number of nitrogens with zero attached hydrogens (tertiary/aromatic N) is 2. The van der Waals surface area contributed by atoms with Gasteiger partial charge >= 0.3 is 29.2 Å². The summed E-state index contributed by atoms with van der Waals surface area (Å²) in [5.41, 5.74) is 8.59. The second-order valence-electron chi connectivity index (χ2n) is 8.92. The van der Waals surface area contributed by atoms with Crippen molar-refractivity contribution in [3.63, 3.8) is 0 Å². The van der Waals surface area contributed by atoms with E-state index in [4.69, 9.17) is 26.0 Å². The van der Waals surface area contributed by atoms with Crippen molar-refractivity contribution in [2.75, 3.05) is 19.7 Å². The van der Waals surface area contributed by atoms with Crippen LogP contribution in [0.3, 0.4) is 0 Å². The van der Waals surface area contributed by atoms with E-state index in [1.54, 1.807) is 0 Å². The van der Waals surface area contributed by atoms with E-state index >= 15 is 0 Å². The summed E-state index contributed by atoms with van der Waals surface area (Å²) in [6.45, 7) is -0.0682. The fourth-order valence-electron chi connectivity index (χ4n) is 3.57. The van der Waals surface area contributed by atoms with Gasteiger partial charge in [-0.25, -0.2) is 18.5 Å². The minimum absolute atomic E-state index is 0.0264. The van der Waals surface area contributed by atoms with Crippen LogP contribution >= 0.6 is 23.5 Å². The first-order valence-corrected chi connectivity index (χ1v) is 16.9. The van der Waals surface area contributed by atoms with E-state index in [9.17, 15) is 43.0 Å². The molecule has 0 saturated carbocycles. The number of aromatic amines is 1. The summed E-state index contributed by atoms with van der Waals surface area (Å²) in [6, 6.07) is 0. The second kappa shape index (κ2) is 16.0. The van der Waals surface area contributed by atoms with Gasteiger partial charge in [-0.3, -0.25) is 28.7 Å². The van der Waals surface area contributed by atoms with Crippen molar-refractivity contribution >= 4 is 41.4 Å². The molecule has 1 amide bonds. The van der Waals surface area contributed by atoms with Crippen LogP contribution in [0.2, 0.25) is 0 Å². The van der Waals surface area contributed by atoms with Gasteiger partial charge in [0, 0.05) is 31.8 Å². The molecular formula is C19H33N6O15P3. The Labute approximate surface area is 243 Å². The topological polar surface area (TPSA) is 338 Å².